The van der Waals surface area contributed by atoms with Crippen LogP contribution in [-0.2, 0) is 19.7 Å². The van der Waals surface area contributed by atoms with Gasteiger partial charge in [0, 0.05) is 12.1 Å². The molecule has 1 heterocycles. The van der Waals surface area contributed by atoms with E-state index in [4.69, 9.17) is 14.2 Å². The molecule has 1 amide bonds. The third-order valence-electron chi connectivity index (χ3n) is 5.71. The summed E-state index contributed by atoms with van der Waals surface area (Å²) in [7, 11) is 0. The van der Waals surface area contributed by atoms with Gasteiger partial charge < -0.3 is 19.5 Å². The van der Waals surface area contributed by atoms with Gasteiger partial charge in [0.1, 0.15) is 19.0 Å². The summed E-state index contributed by atoms with van der Waals surface area (Å²) in [4.78, 5) is 35.5. The molecule has 0 spiro atoms. The van der Waals surface area contributed by atoms with E-state index >= 15 is 0 Å². The topological polar surface area (TPSA) is 117 Å². The average Bonchev–Trinajstić information content (AvgIpc) is 3.30. The molecule has 4 rings (SSSR count). The molecule has 2 aliphatic rings. The standard InChI is InChI=1S/C22H21FN2O7/c23-16-5-4-15(25(28)29)12-17(16)24-20(26)13-32-21(27)22(7-1-2-8-22)14-3-6-18-19(11-14)31-10-9-30-18/h3-6,11-12H,1-2,7-10,13H2,(H,24,26). The van der Waals surface area contributed by atoms with E-state index in [1.54, 1.807) is 18.2 Å². The van der Waals surface area contributed by atoms with Crippen molar-refractivity contribution in [3.05, 3.63) is 57.9 Å². The Morgan fingerprint density at radius 3 is 2.53 bits per heavy atom. The van der Waals surface area contributed by atoms with E-state index in [2.05, 4.69) is 5.32 Å². The molecule has 9 nitrogen and oxygen atoms in total. The summed E-state index contributed by atoms with van der Waals surface area (Å²) < 4.78 is 30.4. The van der Waals surface area contributed by atoms with Crippen molar-refractivity contribution in [2.45, 2.75) is 31.1 Å². The number of amides is 1. The summed E-state index contributed by atoms with van der Waals surface area (Å²) >= 11 is 0. The summed E-state index contributed by atoms with van der Waals surface area (Å²) in [5, 5.41) is 13.1. The van der Waals surface area contributed by atoms with Crippen molar-refractivity contribution < 1.29 is 33.1 Å². The lowest BCUT2D eigenvalue weighted by Crippen LogP contribution is -2.36. The number of rotatable bonds is 6. The summed E-state index contributed by atoms with van der Waals surface area (Å²) in [6.07, 6.45) is 2.78. The van der Waals surface area contributed by atoms with Gasteiger partial charge in [-0.1, -0.05) is 18.9 Å². The number of fused-ring (bicyclic) bond motifs is 1. The molecule has 1 aliphatic heterocycles. The van der Waals surface area contributed by atoms with Crippen LogP contribution in [0.5, 0.6) is 11.5 Å². The number of carbonyl (C=O) groups excluding carboxylic acids is 2. The van der Waals surface area contributed by atoms with Crippen LogP contribution in [0, 0.1) is 15.9 Å². The summed E-state index contributed by atoms with van der Waals surface area (Å²) in [6, 6.07) is 8.12. The van der Waals surface area contributed by atoms with Crippen molar-refractivity contribution in [1.29, 1.82) is 0 Å². The Labute approximate surface area is 182 Å². The number of nitrogens with one attached hydrogen (secondary N) is 1. The van der Waals surface area contributed by atoms with Gasteiger partial charge in [0.2, 0.25) is 0 Å². The predicted molar refractivity (Wildman–Crippen MR) is 110 cm³/mol. The number of esters is 1. The van der Waals surface area contributed by atoms with Crippen molar-refractivity contribution in [3.63, 3.8) is 0 Å². The van der Waals surface area contributed by atoms with Crippen LogP contribution in [0.15, 0.2) is 36.4 Å². The van der Waals surface area contributed by atoms with Gasteiger partial charge in [-0.05, 0) is 36.6 Å². The van der Waals surface area contributed by atoms with Crippen LogP contribution in [0.25, 0.3) is 0 Å². The molecule has 0 unspecified atom stereocenters. The molecule has 168 valence electrons. The number of anilines is 1. The fraction of sp³-hybridized carbons (Fsp3) is 0.364. The van der Waals surface area contributed by atoms with Crippen LogP contribution < -0.4 is 14.8 Å². The maximum atomic E-state index is 13.9. The highest BCUT2D eigenvalue weighted by atomic mass is 19.1. The van der Waals surface area contributed by atoms with Crippen LogP contribution in [0.1, 0.15) is 31.2 Å². The maximum Gasteiger partial charge on any atom is 0.317 e. The molecule has 0 atom stereocenters. The fourth-order valence-electron chi connectivity index (χ4n) is 4.11. The molecule has 1 saturated carbocycles. The van der Waals surface area contributed by atoms with Crippen LogP contribution in [0.3, 0.4) is 0 Å². The molecule has 1 aliphatic carbocycles. The smallest absolute Gasteiger partial charge is 0.317 e. The highest BCUT2D eigenvalue weighted by molar-refractivity contribution is 5.94. The lowest BCUT2D eigenvalue weighted by Gasteiger charge is -2.28. The van der Waals surface area contributed by atoms with Gasteiger partial charge in [0.15, 0.2) is 18.1 Å². The second-order valence-electron chi connectivity index (χ2n) is 7.69. The first-order valence-electron chi connectivity index (χ1n) is 10.2. The zero-order chi connectivity index (χ0) is 22.7. The number of hydrogen-bond acceptors (Lipinski definition) is 7. The molecule has 0 bridgehead atoms. The minimum atomic E-state index is -0.910. The highest BCUT2D eigenvalue weighted by Crippen LogP contribution is 2.45. The first-order chi connectivity index (χ1) is 15.4. The Morgan fingerprint density at radius 1 is 1.09 bits per heavy atom. The van der Waals surface area contributed by atoms with E-state index in [1.807, 2.05) is 0 Å². The van der Waals surface area contributed by atoms with Crippen LogP contribution >= 0.6 is 0 Å². The summed E-state index contributed by atoms with van der Waals surface area (Å²) in [5.74, 6) is -1.01. The number of nitro benzene ring substituents is 1. The van der Waals surface area contributed by atoms with Crippen LogP contribution in [-0.4, -0.2) is 36.6 Å². The number of non-ortho nitro benzene ring substituents is 1. The second-order valence-corrected chi connectivity index (χ2v) is 7.69. The van der Waals surface area contributed by atoms with Crippen molar-refractivity contribution in [1.82, 2.24) is 0 Å². The Balaban J connectivity index is 1.46. The predicted octanol–water partition coefficient (Wildman–Crippen LogP) is 3.50. The zero-order valence-electron chi connectivity index (χ0n) is 17.1. The van der Waals surface area contributed by atoms with E-state index in [0.29, 0.717) is 37.6 Å². The Kier molecular flexibility index (Phi) is 5.93. The molecule has 1 fully saturated rings. The number of hydrogen-bond donors (Lipinski definition) is 1. The number of nitro groups is 1. The number of halogens is 1. The van der Waals surface area contributed by atoms with Gasteiger partial charge in [-0.2, -0.15) is 0 Å². The fourth-order valence-corrected chi connectivity index (χ4v) is 4.11. The largest absolute Gasteiger partial charge is 0.486 e. The molecule has 0 aromatic heterocycles. The second kappa shape index (κ2) is 8.81. The minimum Gasteiger partial charge on any atom is -0.486 e. The molecule has 32 heavy (non-hydrogen) atoms. The minimum absolute atomic E-state index is 0.359. The van der Waals surface area contributed by atoms with E-state index in [0.717, 1.165) is 36.6 Å². The molecule has 2 aromatic rings. The number of nitrogens with zero attached hydrogens (tertiary/aromatic N) is 1. The third-order valence-corrected chi connectivity index (χ3v) is 5.71. The Morgan fingerprint density at radius 2 is 1.81 bits per heavy atom. The molecule has 0 radical (unpaired) electrons. The number of benzene rings is 2. The molecule has 2 aromatic carbocycles. The maximum absolute atomic E-state index is 13.9. The number of ether oxygens (including phenoxy) is 3. The lowest BCUT2D eigenvalue weighted by molar-refractivity contribution is -0.384. The first-order valence-corrected chi connectivity index (χ1v) is 10.2. The normalized spacial score (nSPS) is 16.3. The summed E-state index contributed by atoms with van der Waals surface area (Å²) in [5.41, 5.74) is -0.911. The van der Waals surface area contributed by atoms with E-state index in [-0.39, 0.29) is 11.4 Å². The molecular weight excluding hydrogens is 423 g/mol. The van der Waals surface area contributed by atoms with Gasteiger partial charge >= 0.3 is 5.97 Å². The van der Waals surface area contributed by atoms with Crippen LogP contribution in [0.4, 0.5) is 15.8 Å². The molecule has 0 saturated heterocycles. The van der Waals surface area contributed by atoms with Crippen molar-refractivity contribution in [3.8, 4) is 11.5 Å². The van der Waals surface area contributed by atoms with Crippen LogP contribution in [0.2, 0.25) is 0 Å². The van der Waals surface area contributed by atoms with E-state index in [1.165, 1.54) is 0 Å². The van der Waals surface area contributed by atoms with Gasteiger partial charge in [-0.15, -0.1) is 0 Å². The molecular formula is C22H21FN2O7. The SMILES string of the molecule is O=C(COC(=O)C1(c2ccc3c(c2)OCCO3)CCCC1)Nc1cc([N+](=O)[O-])ccc1F. The quantitative estimate of drug-likeness (QED) is 0.412. The Hall–Kier alpha value is -3.69. The van der Waals surface area contributed by atoms with Gasteiger partial charge in [-0.3, -0.25) is 19.7 Å². The van der Waals surface area contributed by atoms with Crippen molar-refractivity contribution in [2.24, 2.45) is 0 Å². The van der Waals surface area contributed by atoms with Gasteiger partial charge in [0.05, 0.1) is 16.0 Å². The highest BCUT2D eigenvalue weighted by Gasteiger charge is 2.45. The third kappa shape index (κ3) is 4.20. The zero-order valence-corrected chi connectivity index (χ0v) is 17.1. The van der Waals surface area contributed by atoms with Gasteiger partial charge in [0.25, 0.3) is 11.6 Å². The first kappa shape index (κ1) is 21.5. The molecule has 1 N–H and O–H groups in total. The van der Waals surface area contributed by atoms with Gasteiger partial charge in [-0.25, -0.2) is 4.39 Å². The summed E-state index contributed by atoms with van der Waals surface area (Å²) in [6.45, 7) is 0.232. The lowest BCUT2D eigenvalue weighted by atomic mass is 9.78. The van der Waals surface area contributed by atoms with Crippen molar-refractivity contribution >= 4 is 23.3 Å². The van der Waals surface area contributed by atoms with E-state index < -0.39 is 34.6 Å². The monoisotopic (exact) mass is 444 g/mol. The average molecular weight is 444 g/mol. The van der Waals surface area contributed by atoms with Crippen molar-refractivity contribution in [2.75, 3.05) is 25.1 Å². The molecule has 10 heteroatoms. The van der Waals surface area contributed by atoms with E-state index in [9.17, 15) is 24.1 Å². The number of carbonyl (C=O) groups is 2. The Bertz CT molecular complexity index is 1070.